The van der Waals surface area contributed by atoms with Crippen molar-refractivity contribution in [1.82, 2.24) is 4.90 Å². The zero-order valence-electron chi connectivity index (χ0n) is 13.4. The molecule has 6 heteroatoms. The van der Waals surface area contributed by atoms with Gasteiger partial charge in [0.25, 0.3) is 5.91 Å². The Morgan fingerprint density at radius 2 is 1.91 bits per heavy atom. The third-order valence-corrected chi connectivity index (χ3v) is 3.60. The summed E-state index contributed by atoms with van der Waals surface area (Å²) in [6.45, 7) is 5.34. The molecule has 0 radical (unpaired) electrons. The van der Waals surface area contributed by atoms with Gasteiger partial charge in [0.2, 0.25) is 0 Å². The van der Waals surface area contributed by atoms with Crippen molar-refractivity contribution in [2.45, 2.75) is 38.8 Å². The van der Waals surface area contributed by atoms with Crippen LogP contribution in [0.15, 0.2) is 18.2 Å². The van der Waals surface area contributed by atoms with E-state index in [1.165, 1.54) is 0 Å². The Labute approximate surface area is 138 Å². The number of nitrogens with two attached hydrogens (primary N) is 1. The Kier molecular flexibility index (Phi) is 6.97. The molecule has 0 unspecified atom stereocenters. The summed E-state index contributed by atoms with van der Waals surface area (Å²) in [6.07, 6.45) is 1.78. The maximum absolute atomic E-state index is 12.5. The summed E-state index contributed by atoms with van der Waals surface area (Å²) in [7, 11) is 1.58. The van der Waals surface area contributed by atoms with Gasteiger partial charge in [0, 0.05) is 24.7 Å². The van der Waals surface area contributed by atoms with Gasteiger partial charge < -0.3 is 20.1 Å². The first kappa shape index (κ1) is 18.6. The number of nitrogens with zero attached hydrogens (tertiary/aromatic N) is 1. The van der Waals surface area contributed by atoms with Crippen molar-refractivity contribution >= 4 is 18.3 Å². The van der Waals surface area contributed by atoms with Gasteiger partial charge in [-0.15, -0.1) is 12.4 Å². The van der Waals surface area contributed by atoms with Crippen molar-refractivity contribution in [2.75, 3.05) is 20.2 Å². The van der Waals surface area contributed by atoms with Gasteiger partial charge >= 0.3 is 0 Å². The lowest BCUT2D eigenvalue weighted by atomic mass is 10.0. The molecule has 0 aliphatic carbocycles. The topological polar surface area (TPSA) is 64.8 Å². The average molecular weight is 329 g/mol. The van der Waals surface area contributed by atoms with Gasteiger partial charge in [0.15, 0.2) is 11.5 Å². The summed E-state index contributed by atoms with van der Waals surface area (Å²) >= 11 is 0. The molecule has 1 heterocycles. The van der Waals surface area contributed by atoms with Gasteiger partial charge in [0.05, 0.1) is 13.2 Å². The molecule has 0 aromatic heterocycles. The van der Waals surface area contributed by atoms with Crippen LogP contribution in [0.4, 0.5) is 0 Å². The Morgan fingerprint density at radius 3 is 2.45 bits per heavy atom. The second-order valence-electron chi connectivity index (χ2n) is 5.66. The third kappa shape index (κ3) is 4.52. The van der Waals surface area contributed by atoms with Gasteiger partial charge in [-0.1, -0.05) is 0 Å². The molecule has 124 valence electrons. The fourth-order valence-corrected chi connectivity index (χ4v) is 2.44. The predicted octanol–water partition coefficient (Wildman–Crippen LogP) is 2.47. The Balaban J connectivity index is 0.00000242. The molecule has 1 amide bonds. The third-order valence-electron chi connectivity index (χ3n) is 3.60. The number of piperidine rings is 1. The van der Waals surface area contributed by atoms with E-state index < -0.39 is 0 Å². The highest BCUT2D eigenvalue weighted by Crippen LogP contribution is 2.29. The monoisotopic (exact) mass is 328 g/mol. The SMILES string of the molecule is COc1cc(C(=O)N2CCC(N)CC2)ccc1OC(C)C.Cl. The smallest absolute Gasteiger partial charge is 0.253 e. The normalized spacial score (nSPS) is 15.4. The standard InChI is InChI=1S/C16H24N2O3.ClH/c1-11(2)21-14-5-4-12(10-15(14)20-3)16(19)18-8-6-13(17)7-9-18;/h4-5,10-11,13H,6-9,17H2,1-3H3;1H. The molecule has 1 aliphatic heterocycles. The van der Waals surface area contributed by atoms with E-state index in [4.69, 9.17) is 15.2 Å². The first-order valence-corrected chi connectivity index (χ1v) is 7.40. The lowest BCUT2D eigenvalue weighted by Gasteiger charge is -2.30. The molecule has 1 saturated heterocycles. The zero-order chi connectivity index (χ0) is 15.4. The molecular formula is C16H25ClN2O3. The maximum atomic E-state index is 12.5. The summed E-state index contributed by atoms with van der Waals surface area (Å²) in [5.74, 6) is 1.27. The van der Waals surface area contributed by atoms with Gasteiger partial charge in [0.1, 0.15) is 0 Å². The molecule has 1 aromatic carbocycles. The second-order valence-corrected chi connectivity index (χ2v) is 5.66. The molecule has 0 spiro atoms. The molecular weight excluding hydrogens is 304 g/mol. The molecule has 1 aromatic rings. The second kappa shape index (κ2) is 8.25. The molecule has 0 saturated carbocycles. The average Bonchev–Trinajstić information content (AvgIpc) is 2.47. The number of benzene rings is 1. The van der Waals surface area contributed by atoms with Crippen molar-refractivity contribution in [3.63, 3.8) is 0 Å². The van der Waals surface area contributed by atoms with E-state index in [1.54, 1.807) is 25.3 Å². The zero-order valence-corrected chi connectivity index (χ0v) is 14.2. The van der Waals surface area contributed by atoms with Gasteiger partial charge in [-0.05, 0) is 44.9 Å². The van der Waals surface area contributed by atoms with Crippen molar-refractivity contribution < 1.29 is 14.3 Å². The van der Waals surface area contributed by atoms with E-state index in [-0.39, 0.29) is 30.5 Å². The van der Waals surface area contributed by atoms with Crippen LogP contribution in [0.2, 0.25) is 0 Å². The minimum absolute atomic E-state index is 0. The number of hydrogen-bond acceptors (Lipinski definition) is 4. The van der Waals surface area contributed by atoms with Gasteiger partial charge in [-0.3, -0.25) is 4.79 Å². The molecule has 5 nitrogen and oxygen atoms in total. The van der Waals surface area contributed by atoms with Crippen LogP contribution in [0, 0.1) is 0 Å². The van der Waals surface area contributed by atoms with Gasteiger partial charge in [-0.25, -0.2) is 0 Å². The minimum atomic E-state index is 0. The lowest BCUT2D eigenvalue weighted by Crippen LogP contribution is -2.42. The van der Waals surface area contributed by atoms with Crippen LogP contribution in [-0.2, 0) is 0 Å². The van der Waals surface area contributed by atoms with Crippen LogP contribution < -0.4 is 15.2 Å². The highest BCUT2D eigenvalue weighted by atomic mass is 35.5. The Morgan fingerprint density at radius 1 is 1.27 bits per heavy atom. The van der Waals surface area contributed by atoms with E-state index in [2.05, 4.69) is 0 Å². The number of hydrogen-bond donors (Lipinski definition) is 1. The number of carbonyl (C=O) groups is 1. The lowest BCUT2D eigenvalue weighted by molar-refractivity contribution is 0.0714. The molecule has 1 aliphatic rings. The fraction of sp³-hybridized carbons (Fsp3) is 0.562. The first-order valence-electron chi connectivity index (χ1n) is 7.40. The number of likely N-dealkylation sites (tertiary alicyclic amines) is 1. The summed E-state index contributed by atoms with van der Waals surface area (Å²) < 4.78 is 11.0. The predicted molar refractivity (Wildman–Crippen MR) is 89.1 cm³/mol. The molecule has 0 bridgehead atoms. The van der Waals surface area contributed by atoms with Crippen LogP contribution in [0.3, 0.4) is 0 Å². The van der Waals surface area contributed by atoms with Crippen LogP contribution in [-0.4, -0.2) is 43.2 Å². The molecule has 2 N–H and O–H groups in total. The molecule has 22 heavy (non-hydrogen) atoms. The van der Waals surface area contributed by atoms with E-state index in [0.717, 1.165) is 12.8 Å². The summed E-state index contributed by atoms with van der Waals surface area (Å²) in [6, 6.07) is 5.54. The maximum Gasteiger partial charge on any atom is 0.253 e. The number of methoxy groups -OCH3 is 1. The van der Waals surface area contributed by atoms with E-state index in [9.17, 15) is 4.79 Å². The van der Waals surface area contributed by atoms with Crippen molar-refractivity contribution in [2.24, 2.45) is 5.73 Å². The largest absolute Gasteiger partial charge is 0.493 e. The fourth-order valence-electron chi connectivity index (χ4n) is 2.44. The van der Waals surface area contributed by atoms with Crippen molar-refractivity contribution in [1.29, 1.82) is 0 Å². The van der Waals surface area contributed by atoms with Crippen LogP contribution in [0.1, 0.15) is 37.0 Å². The number of halogens is 1. The Bertz CT molecular complexity index is 500. The molecule has 0 atom stereocenters. The Hall–Kier alpha value is -1.46. The summed E-state index contributed by atoms with van der Waals surface area (Å²) in [5, 5.41) is 0. The minimum Gasteiger partial charge on any atom is -0.493 e. The number of ether oxygens (including phenoxy) is 2. The highest BCUT2D eigenvalue weighted by Gasteiger charge is 2.22. The number of carbonyl (C=O) groups excluding carboxylic acids is 1. The number of amides is 1. The summed E-state index contributed by atoms with van der Waals surface area (Å²) in [4.78, 5) is 14.3. The summed E-state index contributed by atoms with van der Waals surface area (Å²) in [5.41, 5.74) is 6.50. The van der Waals surface area contributed by atoms with Gasteiger partial charge in [-0.2, -0.15) is 0 Å². The van der Waals surface area contributed by atoms with E-state index >= 15 is 0 Å². The van der Waals surface area contributed by atoms with Crippen LogP contribution in [0.25, 0.3) is 0 Å². The van der Waals surface area contributed by atoms with E-state index in [0.29, 0.717) is 30.2 Å². The quantitative estimate of drug-likeness (QED) is 0.922. The van der Waals surface area contributed by atoms with Crippen LogP contribution >= 0.6 is 12.4 Å². The number of rotatable bonds is 4. The van der Waals surface area contributed by atoms with E-state index in [1.807, 2.05) is 18.7 Å². The van der Waals surface area contributed by atoms with Crippen molar-refractivity contribution in [3.05, 3.63) is 23.8 Å². The molecule has 2 rings (SSSR count). The molecule has 1 fully saturated rings. The van der Waals surface area contributed by atoms with Crippen molar-refractivity contribution in [3.8, 4) is 11.5 Å². The van der Waals surface area contributed by atoms with Crippen LogP contribution in [0.5, 0.6) is 11.5 Å². The highest BCUT2D eigenvalue weighted by molar-refractivity contribution is 5.95. The first-order chi connectivity index (χ1) is 10.0.